The Hall–Kier alpha value is -2.36. The Kier molecular flexibility index (Phi) is 2.89. The third-order valence-electron chi connectivity index (χ3n) is 6.48. The number of fused-ring (bicyclic) bond motifs is 4. The minimum Gasteiger partial charge on any atom is -0.361 e. The van der Waals surface area contributed by atoms with Crippen LogP contribution in [-0.2, 0) is 23.7 Å². The lowest BCUT2D eigenvalue weighted by Gasteiger charge is -2.51. The van der Waals surface area contributed by atoms with E-state index in [0.29, 0.717) is 5.92 Å². The van der Waals surface area contributed by atoms with Gasteiger partial charge < -0.3 is 4.52 Å². The first-order valence-corrected chi connectivity index (χ1v) is 9.08. The third-order valence-corrected chi connectivity index (χ3v) is 6.48. The zero-order valence-corrected chi connectivity index (χ0v) is 15.0. The van der Waals surface area contributed by atoms with Crippen LogP contribution in [0.4, 0.5) is 0 Å². The van der Waals surface area contributed by atoms with Gasteiger partial charge in [-0.05, 0) is 42.9 Å². The van der Waals surface area contributed by atoms with Gasteiger partial charge in [-0.25, -0.2) is 4.68 Å². The van der Waals surface area contributed by atoms with Crippen molar-refractivity contribution >= 4 is 0 Å². The van der Waals surface area contributed by atoms with E-state index >= 15 is 0 Å². The lowest BCUT2D eigenvalue weighted by atomic mass is 9.52. The molecule has 4 nitrogen and oxygen atoms in total. The van der Waals surface area contributed by atoms with Crippen LogP contribution < -0.4 is 0 Å². The van der Waals surface area contributed by atoms with Gasteiger partial charge >= 0.3 is 0 Å². The summed E-state index contributed by atoms with van der Waals surface area (Å²) in [5.74, 6) is 1.58. The number of benzene rings is 1. The fraction of sp³-hybridized carbons (Fsp3) is 0.429. The Morgan fingerprint density at radius 2 is 1.92 bits per heavy atom. The summed E-state index contributed by atoms with van der Waals surface area (Å²) < 4.78 is 7.70. The van der Waals surface area contributed by atoms with Gasteiger partial charge in [0.1, 0.15) is 5.76 Å². The van der Waals surface area contributed by atoms with Gasteiger partial charge in [-0.3, -0.25) is 0 Å². The van der Waals surface area contributed by atoms with Crippen molar-refractivity contribution in [3.05, 3.63) is 65.3 Å². The van der Waals surface area contributed by atoms with Crippen LogP contribution >= 0.6 is 0 Å². The van der Waals surface area contributed by atoms with Crippen LogP contribution in [0.5, 0.6) is 0 Å². The Morgan fingerprint density at radius 1 is 1.12 bits per heavy atom. The molecule has 0 saturated heterocycles. The van der Waals surface area contributed by atoms with Crippen molar-refractivity contribution in [1.82, 2.24) is 14.9 Å². The predicted molar refractivity (Wildman–Crippen MR) is 96.0 cm³/mol. The van der Waals surface area contributed by atoms with Gasteiger partial charge in [0.25, 0.3) is 0 Å². The van der Waals surface area contributed by atoms with Crippen molar-refractivity contribution in [2.45, 2.75) is 50.9 Å². The second-order valence-corrected chi connectivity index (χ2v) is 8.37. The molecule has 0 radical (unpaired) electrons. The predicted octanol–water partition coefficient (Wildman–Crippen LogP) is 4.21. The number of aromatic nitrogens is 3. The second kappa shape index (κ2) is 4.84. The van der Waals surface area contributed by atoms with Crippen molar-refractivity contribution in [1.29, 1.82) is 0 Å². The second-order valence-electron chi connectivity index (χ2n) is 8.37. The Labute approximate surface area is 147 Å². The van der Waals surface area contributed by atoms with Crippen molar-refractivity contribution in [2.75, 3.05) is 0 Å². The van der Waals surface area contributed by atoms with Gasteiger partial charge in [0, 0.05) is 22.6 Å². The van der Waals surface area contributed by atoms with Gasteiger partial charge in [0.05, 0.1) is 17.6 Å². The SMILES string of the molecule is CC1(C)c2oncc2C[C@]2(C)c3nn(-c4ccccc4)cc3CC[C@@H]12. The zero-order valence-electron chi connectivity index (χ0n) is 15.0. The molecule has 0 saturated carbocycles. The van der Waals surface area contributed by atoms with Crippen LogP contribution in [0.25, 0.3) is 5.69 Å². The average Bonchev–Trinajstić information content (AvgIpc) is 3.23. The molecule has 2 atom stereocenters. The monoisotopic (exact) mass is 333 g/mol. The molecule has 0 spiro atoms. The minimum atomic E-state index is -0.0208. The topological polar surface area (TPSA) is 43.9 Å². The summed E-state index contributed by atoms with van der Waals surface area (Å²) in [7, 11) is 0. The van der Waals surface area contributed by atoms with Gasteiger partial charge in [-0.1, -0.05) is 44.1 Å². The van der Waals surface area contributed by atoms with Crippen LogP contribution in [0.1, 0.15) is 49.8 Å². The lowest BCUT2D eigenvalue weighted by Crippen LogP contribution is -2.51. The van der Waals surface area contributed by atoms with Gasteiger partial charge in [-0.15, -0.1) is 0 Å². The third kappa shape index (κ3) is 1.94. The number of para-hydroxylation sites is 1. The zero-order chi connectivity index (χ0) is 17.2. The first kappa shape index (κ1) is 14.9. The molecule has 0 aliphatic heterocycles. The van der Waals surface area contributed by atoms with E-state index in [1.54, 1.807) is 0 Å². The maximum Gasteiger partial charge on any atom is 0.145 e. The van der Waals surface area contributed by atoms with Crippen molar-refractivity contribution in [3.8, 4) is 5.69 Å². The van der Waals surface area contributed by atoms with E-state index in [1.807, 2.05) is 12.3 Å². The quantitative estimate of drug-likeness (QED) is 0.670. The van der Waals surface area contributed by atoms with Gasteiger partial charge in [0.2, 0.25) is 0 Å². The normalized spacial score (nSPS) is 26.6. The summed E-state index contributed by atoms with van der Waals surface area (Å²) in [5, 5.41) is 9.16. The molecule has 0 bridgehead atoms. The molecule has 2 aromatic heterocycles. The summed E-state index contributed by atoms with van der Waals surface area (Å²) in [4.78, 5) is 0. The number of rotatable bonds is 1. The molecular formula is C21H23N3O. The van der Waals surface area contributed by atoms with E-state index in [0.717, 1.165) is 30.7 Å². The number of hydrogen-bond donors (Lipinski definition) is 0. The molecule has 2 heterocycles. The summed E-state index contributed by atoms with van der Waals surface area (Å²) in [6.07, 6.45) is 7.33. The van der Waals surface area contributed by atoms with E-state index in [4.69, 9.17) is 9.62 Å². The van der Waals surface area contributed by atoms with Crippen LogP contribution in [0, 0.1) is 5.92 Å². The molecule has 0 fully saturated rings. The van der Waals surface area contributed by atoms with Gasteiger partial charge in [-0.2, -0.15) is 5.10 Å². The number of aryl methyl sites for hydroxylation is 1. The van der Waals surface area contributed by atoms with E-state index in [1.165, 1.54) is 16.8 Å². The summed E-state index contributed by atoms with van der Waals surface area (Å²) in [6, 6.07) is 10.4. The molecule has 0 amide bonds. The summed E-state index contributed by atoms with van der Waals surface area (Å²) >= 11 is 0. The summed E-state index contributed by atoms with van der Waals surface area (Å²) in [6.45, 7) is 6.99. The fourth-order valence-corrected chi connectivity index (χ4v) is 5.41. The molecule has 2 aliphatic carbocycles. The molecule has 0 N–H and O–H groups in total. The smallest absolute Gasteiger partial charge is 0.145 e. The minimum absolute atomic E-state index is 0.0208. The van der Waals surface area contributed by atoms with Gasteiger partial charge in [0.15, 0.2) is 0 Å². The molecular weight excluding hydrogens is 310 g/mol. The van der Waals surface area contributed by atoms with Crippen LogP contribution in [0.2, 0.25) is 0 Å². The number of nitrogens with zero attached hydrogens (tertiary/aromatic N) is 3. The highest BCUT2D eigenvalue weighted by atomic mass is 16.5. The molecule has 3 aromatic rings. The van der Waals surface area contributed by atoms with Crippen LogP contribution in [0.3, 0.4) is 0 Å². The largest absolute Gasteiger partial charge is 0.361 e. The average molecular weight is 333 g/mol. The molecule has 2 aliphatic rings. The first-order chi connectivity index (χ1) is 12.0. The summed E-state index contributed by atoms with van der Waals surface area (Å²) in [5.41, 5.74) is 5.01. The standard InChI is InChI=1S/C21H23N3O/c1-20(2)17-10-9-14-13-24(16-7-5-4-6-8-16)23-18(14)21(17,3)11-15-12-22-25-19(15)20/h4-8,12-13,17H,9-11H2,1-3H3/t17-,21-/m0/s1. The highest BCUT2D eigenvalue weighted by molar-refractivity contribution is 5.42. The molecule has 5 rings (SSSR count). The van der Waals surface area contributed by atoms with Crippen molar-refractivity contribution < 1.29 is 4.52 Å². The number of hydrogen-bond acceptors (Lipinski definition) is 3. The molecule has 4 heteroatoms. The van der Waals surface area contributed by atoms with Crippen molar-refractivity contribution in [2.24, 2.45) is 5.92 Å². The Morgan fingerprint density at radius 3 is 2.72 bits per heavy atom. The van der Waals surface area contributed by atoms with E-state index in [-0.39, 0.29) is 10.8 Å². The highest BCUT2D eigenvalue weighted by Crippen LogP contribution is 2.55. The van der Waals surface area contributed by atoms with E-state index in [9.17, 15) is 0 Å². The fourth-order valence-electron chi connectivity index (χ4n) is 5.41. The maximum absolute atomic E-state index is 5.65. The van der Waals surface area contributed by atoms with E-state index in [2.05, 4.69) is 61.1 Å². The Bertz CT molecular complexity index is 937. The molecule has 128 valence electrons. The van der Waals surface area contributed by atoms with Crippen LogP contribution in [0.15, 0.2) is 47.2 Å². The highest BCUT2D eigenvalue weighted by Gasteiger charge is 2.55. The maximum atomic E-state index is 5.65. The molecule has 0 unspecified atom stereocenters. The lowest BCUT2D eigenvalue weighted by molar-refractivity contribution is 0.109. The molecule has 1 aromatic carbocycles. The first-order valence-electron chi connectivity index (χ1n) is 9.08. The van der Waals surface area contributed by atoms with Crippen molar-refractivity contribution in [3.63, 3.8) is 0 Å². The van der Waals surface area contributed by atoms with E-state index < -0.39 is 0 Å². The van der Waals surface area contributed by atoms with Crippen LogP contribution in [-0.4, -0.2) is 14.9 Å². The molecule has 25 heavy (non-hydrogen) atoms. The Balaban J connectivity index is 1.67.